The molecule has 1 aromatic rings. The van der Waals surface area contributed by atoms with E-state index in [9.17, 15) is 14.0 Å². The molecule has 0 heterocycles. The maximum atomic E-state index is 13.2. The number of nitrogens with one attached hydrogen (secondary N) is 1. The van der Waals surface area contributed by atoms with E-state index in [4.69, 9.17) is 9.47 Å². The van der Waals surface area contributed by atoms with Gasteiger partial charge in [-0.2, -0.15) is 0 Å². The Labute approximate surface area is 117 Å². The highest BCUT2D eigenvalue weighted by Crippen LogP contribution is 2.14. The van der Waals surface area contributed by atoms with Gasteiger partial charge < -0.3 is 14.8 Å². The molecule has 0 spiro atoms. The molecule has 0 unspecified atom stereocenters. The topological polar surface area (TPSA) is 64.6 Å². The highest BCUT2D eigenvalue weighted by atomic mass is 19.1. The molecule has 0 fully saturated rings. The van der Waals surface area contributed by atoms with E-state index >= 15 is 0 Å². The largest absolute Gasteiger partial charge is 0.479 e. The smallest absolute Gasteiger partial charge is 0.344 e. The van der Waals surface area contributed by atoms with Crippen molar-refractivity contribution in [2.24, 2.45) is 0 Å². The van der Waals surface area contributed by atoms with Gasteiger partial charge in [0.2, 0.25) is 0 Å². The molecule has 0 radical (unpaired) electrons. The van der Waals surface area contributed by atoms with Gasteiger partial charge in [0.1, 0.15) is 0 Å². The lowest BCUT2D eigenvalue weighted by molar-refractivity contribution is -0.150. The van der Waals surface area contributed by atoms with Crippen molar-refractivity contribution in [3.05, 3.63) is 30.1 Å². The standard InChI is InChI=1S/C14H18FNO4/c1-2-3-8-16-13(17)9-20-14(18)10-19-12-7-5-4-6-11(12)15/h4-7H,2-3,8-10H2,1H3,(H,16,17). The number of hydrogen-bond acceptors (Lipinski definition) is 4. The third kappa shape index (κ3) is 6.17. The van der Waals surface area contributed by atoms with E-state index in [0.717, 1.165) is 12.8 Å². The molecular formula is C14H18FNO4. The maximum Gasteiger partial charge on any atom is 0.344 e. The average molecular weight is 283 g/mol. The summed E-state index contributed by atoms with van der Waals surface area (Å²) in [5.74, 6) is -1.67. The third-order valence-electron chi connectivity index (χ3n) is 2.40. The van der Waals surface area contributed by atoms with Crippen molar-refractivity contribution in [1.82, 2.24) is 5.32 Å². The van der Waals surface area contributed by atoms with Gasteiger partial charge in [-0.05, 0) is 18.6 Å². The zero-order valence-corrected chi connectivity index (χ0v) is 11.4. The Bertz CT molecular complexity index is 451. The first-order valence-electron chi connectivity index (χ1n) is 6.43. The Balaban J connectivity index is 2.21. The molecule has 0 bridgehead atoms. The zero-order valence-electron chi connectivity index (χ0n) is 11.4. The van der Waals surface area contributed by atoms with Crippen molar-refractivity contribution in [1.29, 1.82) is 0 Å². The number of unbranched alkanes of at least 4 members (excludes halogenated alkanes) is 1. The second-order valence-electron chi connectivity index (χ2n) is 4.08. The monoisotopic (exact) mass is 283 g/mol. The molecule has 5 nitrogen and oxygen atoms in total. The Morgan fingerprint density at radius 1 is 1.25 bits per heavy atom. The molecule has 0 aromatic heterocycles. The molecule has 0 aliphatic heterocycles. The number of rotatable bonds is 8. The van der Waals surface area contributed by atoms with Gasteiger partial charge >= 0.3 is 5.97 Å². The summed E-state index contributed by atoms with van der Waals surface area (Å²) in [6.07, 6.45) is 1.84. The van der Waals surface area contributed by atoms with Crippen molar-refractivity contribution < 1.29 is 23.5 Å². The first kappa shape index (κ1) is 15.9. The van der Waals surface area contributed by atoms with Crippen molar-refractivity contribution in [2.45, 2.75) is 19.8 Å². The van der Waals surface area contributed by atoms with E-state index in [1.165, 1.54) is 18.2 Å². The molecule has 0 saturated carbocycles. The van der Waals surface area contributed by atoms with Crippen molar-refractivity contribution >= 4 is 11.9 Å². The van der Waals surface area contributed by atoms with Crippen LogP contribution in [0.3, 0.4) is 0 Å². The highest BCUT2D eigenvalue weighted by molar-refractivity contribution is 5.80. The predicted molar refractivity (Wildman–Crippen MR) is 70.8 cm³/mol. The minimum absolute atomic E-state index is 0.0307. The minimum atomic E-state index is -0.723. The Kier molecular flexibility index (Phi) is 7.10. The molecule has 6 heteroatoms. The summed E-state index contributed by atoms with van der Waals surface area (Å²) in [4.78, 5) is 22.6. The summed E-state index contributed by atoms with van der Waals surface area (Å²) in [5, 5.41) is 2.60. The van der Waals surface area contributed by atoms with Crippen LogP contribution in [0.15, 0.2) is 24.3 Å². The van der Waals surface area contributed by atoms with Crippen LogP contribution < -0.4 is 10.1 Å². The van der Waals surface area contributed by atoms with E-state index in [1.54, 1.807) is 6.07 Å². The van der Waals surface area contributed by atoms with Crippen LogP contribution in [0.5, 0.6) is 5.75 Å². The van der Waals surface area contributed by atoms with Crippen LogP contribution >= 0.6 is 0 Å². The molecule has 1 amide bonds. The van der Waals surface area contributed by atoms with Crippen LogP contribution in [0.2, 0.25) is 0 Å². The van der Waals surface area contributed by atoms with Gasteiger partial charge in [0, 0.05) is 6.54 Å². The molecule has 0 aliphatic rings. The molecule has 0 atom stereocenters. The number of ether oxygens (including phenoxy) is 2. The van der Waals surface area contributed by atoms with E-state index in [-0.39, 0.29) is 18.3 Å². The summed E-state index contributed by atoms with van der Waals surface area (Å²) in [5.41, 5.74) is 0. The first-order valence-corrected chi connectivity index (χ1v) is 6.43. The zero-order chi connectivity index (χ0) is 14.8. The Morgan fingerprint density at radius 3 is 2.70 bits per heavy atom. The second-order valence-corrected chi connectivity index (χ2v) is 4.08. The number of carbonyl (C=O) groups is 2. The van der Waals surface area contributed by atoms with Gasteiger partial charge in [0.15, 0.2) is 24.8 Å². The fourth-order valence-corrected chi connectivity index (χ4v) is 1.34. The fourth-order valence-electron chi connectivity index (χ4n) is 1.34. The highest BCUT2D eigenvalue weighted by Gasteiger charge is 2.09. The predicted octanol–water partition coefficient (Wildman–Crippen LogP) is 1.66. The quantitative estimate of drug-likeness (QED) is 0.582. The summed E-state index contributed by atoms with van der Waals surface area (Å²) < 4.78 is 22.8. The van der Waals surface area contributed by atoms with E-state index in [1.807, 2.05) is 6.92 Å². The number of carbonyl (C=O) groups excluding carboxylic acids is 2. The number of hydrogen-bond donors (Lipinski definition) is 1. The number of benzene rings is 1. The molecule has 20 heavy (non-hydrogen) atoms. The molecule has 1 N–H and O–H groups in total. The van der Waals surface area contributed by atoms with Gasteiger partial charge in [-0.1, -0.05) is 25.5 Å². The van der Waals surface area contributed by atoms with E-state index in [0.29, 0.717) is 6.54 Å². The summed E-state index contributed by atoms with van der Waals surface area (Å²) >= 11 is 0. The number of esters is 1. The maximum absolute atomic E-state index is 13.2. The minimum Gasteiger partial charge on any atom is -0.479 e. The molecular weight excluding hydrogens is 265 g/mol. The second kappa shape index (κ2) is 8.90. The van der Waals surface area contributed by atoms with Gasteiger partial charge in [-0.25, -0.2) is 9.18 Å². The lowest BCUT2D eigenvalue weighted by Gasteiger charge is -2.08. The van der Waals surface area contributed by atoms with Crippen LogP contribution in [0, 0.1) is 5.82 Å². The molecule has 110 valence electrons. The fraction of sp³-hybridized carbons (Fsp3) is 0.429. The van der Waals surface area contributed by atoms with Crippen molar-refractivity contribution in [3.8, 4) is 5.75 Å². The van der Waals surface area contributed by atoms with Crippen LogP contribution in [-0.4, -0.2) is 31.6 Å². The summed E-state index contributed by atoms with van der Waals surface area (Å²) in [6.45, 7) is 1.76. The van der Waals surface area contributed by atoms with Crippen LogP contribution in [0.25, 0.3) is 0 Å². The molecule has 1 rings (SSSR count). The van der Waals surface area contributed by atoms with Crippen molar-refractivity contribution in [2.75, 3.05) is 19.8 Å². The number of halogens is 1. The third-order valence-corrected chi connectivity index (χ3v) is 2.40. The first-order chi connectivity index (χ1) is 9.63. The molecule has 1 aromatic carbocycles. The average Bonchev–Trinajstić information content (AvgIpc) is 2.44. The van der Waals surface area contributed by atoms with E-state index in [2.05, 4.69) is 5.32 Å². The Hall–Kier alpha value is -2.11. The van der Waals surface area contributed by atoms with Crippen LogP contribution in [0.1, 0.15) is 19.8 Å². The summed E-state index contributed by atoms with van der Waals surface area (Å²) in [6, 6.07) is 5.73. The van der Waals surface area contributed by atoms with Gasteiger partial charge in [0.05, 0.1) is 0 Å². The van der Waals surface area contributed by atoms with Gasteiger partial charge in [0.25, 0.3) is 5.91 Å². The lowest BCUT2D eigenvalue weighted by atomic mass is 10.3. The van der Waals surface area contributed by atoms with Crippen LogP contribution in [-0.2, 0) is 14.3 Å². The van der Waals surface area contributed by atoms with Crippen molar-refractivity contribution in [3.63, 3.8) is 0 Å². The van der Waals surface area contributed by atoms with Gasteiger partial charge in [-0.15, -0.1) is 0 Å². The summed E-state index contributed by atoms with van der Waals surface area (Å²) in [7, 11) is 0. The number of para-hydroxylation sites is 1. The Morgan fingerprint density at radius 2 is 2.00 bits per heavy atom. The lowest BCUT2D eigenvalue weighted by Crippen LogP contribution is -2.30. The number of amides is 1. The van der Waals surface area contributed by atoms with E-state index < -0.39 is 18.4 Å². The SMILES string of the molecule is CCCCNC(=O)COC(=O)COc1ccccc1F. The normalized spacial score (nSPS) is 9.90. The van der Waals surface area contributed by atoms with Crippen LogP contribution in [0.4, 0.5) is 4.39 Å². The molecule has 0 saturated heterocycles. The van der Waals surface area contributed by atoms with Gasteiger partial charge in [-0.3, -0.25) is 4.79 Å². The molecule has 0 aliphatic carbocycles.